The first kappa shape index (κ1) is 15.4. The Morgan fingerprint density at radius 2 is 2.10 bits per heavy atom. The summed E-state index contributed by atoms with van der Waals surface area (Å²) in [6, 6.07) is 6.95. The van der Waals surface area contributed by atoms with Crippen LogP contribution in [0.3, 0.4) is 0 Å². The van der Waals surface area contributed by atoms with Crippen molar-refractivity contribution in [2.75, 3.05) is 5.32 Å². The molecule has 2 rings (SSSR count). The molecule has 0 saturated heterocycles. The van der Waals surface area contributed by atoms with Crippen LogP contribution in [0.1, 0.15) is 23.8 Å². The normalized spacial score (nSPS) is 10.6. The highest BCUT2D eigenvalue weighted by Crippen LogP contribution is 2.26. The standard InChI is InChI=1S/C14H13BrCl2N2O/c1-2-5-19-8-10(16)7-13(19)14(20)18-12-6-9(15)3-4-11(12)17/h3-4,6-8H,2,5H2,1H3,(H,18,20). The van der Waals surface area contributed by atoms with E-state index in [0.29, 0.717) is 21.4 Å². The van der Waals surface area contributed by atoms with E-state index in [1.807, 2.05) is 17.6 Å². The molecule has 2 aromatic rings. The van der Waals surface area contributed by atoms with Crippen molar-refractivity contribution in [1.82, 2.24) is 4.57 Å². The van der Waals surface area contributed by atoms with Crippen LogP contribution in [0.4, 0.5) is 5.69 Å². The lowest BCUT2D eigenvalue weighted by atomic mass is 10.3. The third-order valence-electron chi connectivity index (χ3n) is 2.74. The van der Waals surface area contributed by atoms with E-state index in [-0.39, 0.29) is 5.91 Å². The monoisotopic (exact) mass is 374 g/mol. The van der Waals surface area contributed by atoms with Crippen molar-refractivity contribution in [1.29, 1.82) is 0 Å². The van der Waals surface area contributed by atoms with E-state index in [1.165, 1.54) is 0 Å². The molecule has 0 spiro atoms. The maximum absolute atomic E-state index is 12.3. The molecule has 1 amide bonds. The van der Waals surface area contributed by atoms with Crippen molar-refractivity contribution in [3.63, 3.8) is 0 Å². The Balaban J connectivity index is 2.26. The molecule has 0 aliphatic rings. The first-order valence-corrected chi connectivity index (χ1v) is 7.68. The minimum Gasteiger partial charge on any atom is -0.342 e. The molecule has 6 heteroatoms. The zero-order valence-corrected chi connectivity index (χ0v) is 13.9. The van der Waals surface area contributed by atoms with Crippen molar-refractivity contribution in [2.24, 2.45) is 0 Å². The first-order chi connectivity index (χ1) is 9.51. The highest BCUT2D eigenvalue weighted by molar-refractivity contribution is 9.10. The summed E-state index contributed by atoms with van der Waals surface area (Å²) in [5.41, 5.74) is 1.08. The Labute approximate surface area is 136 Å². The lowest BCUT2D eigenvalue weighted by Gasteiger charge is -2.10. The van der Waals surface area contributed by atoms with Gasteiger partial charge in [-0.05, 0) is 30.7 Å². The largest absolute Gasteiger partial charge is 0.342 e. The van der Waals surface area contributed by atoms with E-state index in [2.05, 4.69) is 21.2 Å². The van der Waals surface area contributed by atoms with Gasteiger partial charge in [0, 0.05) is 17.2 Å². The van der Waals surface area contributed by atoms with E-state index in [1.54, 1.807) is 24.4 Å². The number of amides is 1. The maximum atomic E-state index is 12.3. The van der Waals surface area contributed by atoms with Crippen LogP contribution in [-0.2, 0) is 6.54 Å². The number of rotatable bonds is 4. The van der Waals surface area contributed by atoms with E-state index in [4.69, 9.17) is 23.2 Å². The summed E-state index contributed by atoms with van der Waals surface area (Å²) < 4.78 is 2.68. The van der Waals surface area contributed by atoms with Gasteiger partial charge in [-0.15, -0.1) is 0 Å². The Morgan fingerprint density at radius 1 is 1.35 bits per heavy atom. The minimum absolute atomic E-state index is 0.231. The van der Waals surface area contributed by atoms with Crippen molar-refractivity contribution < 1.29 is 4.79 Å². The molecular weight excluding hydrogens is 363 g/mol. The van der Waals surface area contributed by atoms with E-state index in [9.17, 15) is 4.79 Å². The predicted octanol–water partition coefficient (Wildman–Crippen LogP) is 5.22. The first-order valence-electron chi connectivity index (χ1n) is 6.13. The summed E-state index contributed by atoms with van der Waals surface area (Å²) in [4.78, 5) is 12.3. The highest BCUT2D eigenvalue weighted by Gasteiger charge is 2.14. The Kier molecular flexibility index (Phi) is 5.13. The Morgan fingerprint density at radius 3 is 2.80 bits per heavy atom. The SMILES string of the molecule is CCCn1cc(Cl)cc1C(=O)Nc1cc(Br)ccc1Cl. The molecule has 106 valence electrons. The average Bonchev–Trinajstić information content (AvgIpc) is 2.75. The molecule has 0 radical (unpaired) electrons. The molecule has 1 N–H and O–H groups in total. The molecule has 3 nitrogen and oxygen atoms in total. The topological polar surface area (TPSA) is 34.0 Å². The molecule has 0 saturated carbocycles. The van der Waals surface area contributed by atoms with Crippen molar-refractivity contribution >= 4 is 50.7 Å². The number of hydrogen-bond acceptors (Lipinski definition) is 1. The predicted molar refractivity (Wildman–Crippen MR) is 86.8 cm³/mol. The van der Waals surface area contributed by atoms with Gasteiger partial charge in [0.2, 0.25) is 0 Å². The Bertz CT molecular complexity index is 640. The van der Waals surface area contributed by atoms with Crippen LogP contribution < -0.4 is 5.32 Å². The fraction of sp³-hybridized carbons (Fsp3) is 0.214. The number of aromatic nitrogens is 1. The van der Waals surface area contributed by atoms with Crippen LogP contribution in [0.5, 0.6) is 0 Å². The average molecular weight is 376 g/mol. The lowest BCUT2D eigenvalue weighted by molar-refractivity contribution is 0.101. The van der Waals surface area contributed by atoms with E-state index < -0.39 is 0 Å². The second-order valence-electron chi connectivity index (χ2n) is 4.32. The smallest absolute Gasteiger partial charge is 0.272 e. The second-order valence-corrected chi connectivity index (χ2v) is 6.07. The Hall–Kier alpha value is -0.970. The fourth-order valence-electron chi connectivity index (χ4n) is 1.87. The van der Waals surface area contributed by atoms with Crippen LogP contribution in [-0.4, -0.2) is 10.5 Å². The van der Waals surface area contributed by atoms with Gasteiger partial charge in [0.1, 0.15) is 5.69 Å². The van der Waals surface area contributed by atoms with Crippen LogP contribution >= 0.6 is 39.1 Å². The van der Waals surface area contributed by atoms with Gasteiger partial charge < -0.3 is 9.88 Å². The summed E-state index contributed by atoms with van der Waals surface area (Å²) >= 11 is 15.4. The van der Waals surface area contributed by atoms with Crippen LogP contribution in [0, 0.1) is 0 Å². The number of halogens is 3. The van der Waals surface area contributed by atoms with Crippen LogP contribution in [0.25, 0.3) is 0 Å². The third kappa shape index (κ3) is 3.57. The summed E-state index contributed by atoms with van der Waals surface area (Å²) in [5.74, 6) is -0.231. The zero-order valence-electron chi connectivity index (χ0n) is 10.8. The van der Waals surface area contributed by atoms with Gasteiger partial charge in [0.05, 0.1) is 15.7 Å². The van der Waals surface area contributed by atoms with Gasteiger partial charge in [0.25, 0.3) is 5.91 Å². The van der Waals surface area contributed by atoms with Gasteiger partial charge in [-0.1, -0.05) is 46.1 Å². The molecule has 1 aromatic carbocycles. The van der Waals surface area contributed by atoms with Gasteiger partial charge in [-0.25, -0.2) is 0 Å². The number of carbonyl (C=O) groups is 1. The number of aryl methyl sites for hydroxylation is 1. The van der Waals surface area contributed by atoms with E-state index >= 15 is 0 Å². The highest BCUT2D eigenvalue weighted by atomic mass is 79.9. The number of carbonyl (C=O) groups excluding carboxylic acids is 1. The lowest BCUT2D eigenvalue weighted by Crippen LogP contribution is -2.17. The van der Waals surface area contributed by atoms with E-state index in [0.717, 1.165) is 17.4 Å². The summed E-state index contributed by atoms with van der Waals surface area (Å²) in [6.07, 6.45) is 2.67. The number of benzene rings is 1. The summed E-state index contributed by atoms with van der Waals surface area (Å²) in [6.45, 7) is 2.78. The number of anilines is 1. The van der Waals surface area contributed by atoms with Crippen molar-refractivity contribution in [3.05, 3.63) is 50.7 Å². The molecule has 0 aliphatic heterocycles. The van der Waals surface area contributed by atoms with Gasteiger partial charge in [-0.2, -0.15) is 0 Å². The molecule has 20 heavy (non-hydrogen) atoms. The number of hydrogen-bond donors (Lipinski definition) is 1. The summed E-state index contributed by atoms with van der Waals surface area (Å²) in [7, 11) is 0. The molecule has 0 fully saturated rings. The maximum Gasteiger partial charge on any atom is 0.272 e. The molecule has 1 heterocycles. The van der Waals surface area contributed by atoms with Gasteiger partial charge >= 0.3 is 0 Å². The minimum atomic E-state index is -0.231. The van der Waals surface area contributed by atoms with Gasteiger partial charge in [0.15, 0.2) is 0 Å². The van der Waals surface area contributed by atoms with Crippen LogP contribution in [0.2, 0.25) is 10.0 Å². The quantitative estimate of drug-likeness (QED) is 0.780. The van der Waals surface area contributed by atoms with Crippen molar-refractivity contribution in [3.8, 4) is 0 Å². The molecule has 0 bridgehead atoms. The van der Waals surface area contributed by atoms with Crippen LogP contribution in [0.15, 0.2) is 34.9 Å². The number of nitrogens with one attached hydrogen (secondary N) is 1. The molecule has 1 aromatic heterocycles. The molecule has 0 atom stereocenters. The molecular formula is C14H13BrCl2N2O. The van der Waals surface area contributed by atoms with Crippen molar-refractivity contribution in [2.45, 2.75) is 19.9 Å². The number of nitrogens with zero attached hydrogens (tertiary/aromatic N) is 1. The molecule has 0 unspecified atom stereocenters. The third-order valence-corrected chi connectivity index (χ3v) is 3.77. The zero-order chi connectivity index (χ0) is 14.7. The fourth-order valence-corrected chi connectivity index (χ4v) is 2.62. The summed E-state index contributed by atoms with van der Waals surface area (Å²) in [5, 5.41) is 3.83. The molecule has 0 aliphatic carbocycles. The van der Waals surface area contributed by atoms with Gasteiger partial charge in [-0.3, -0.25) is 4.79 Å². The second kappa shape index (κ2) is 6.66.